The van der Waals surface area contributed by atoms with E-state index in [0.29, 0.717) is 0 Å². The maximum atomic E-state index is 4.25. The van der Waals surface area contributed by atoms with Crippen LogP contribution in [0, 0.1) is 0 Å². The molecular formula is C57H46NP. The van der Waals surface area contributed by atoms with Gasteiger partial charge in [0.1, 0.15) is 0 Å². The van der Waals surface area contributed by atoms with Crippen LogP contribution < -0.4 is 0 Å². The minimum Gasteiger partial charge on any atom is -0.344 e. The van der Waals surface area contributed by atoms with Gasteiger partial charge in [-0.25, -0.2) is 0 Å². The Morgan fingerprint density at radius 2 is 1.15 bits per heavy atom. The zero-order chi connectivity index (χ0) is 40.3. The quantitative estimate of drug-likeness (QED) is 0.129. The number of allylic oxidation sites excluding steroid dienone is 4. The lowest BCUT2D eigenvalue weighted by Crippen LogP contribution is -2.18. The zero-order valence-corrected chi connectivity index (χ0v) is 34.8. The highest BCUT2D eigenvalue weighted by molar-refractivity contribution is 7.57. The minimum atomic E-state index is -0.572. The molecule has 9 aromatic rings. The summed E-state index contributed by atoms with van der Waals surface area (Å²) in [7, 11) is 1.61. The van der Waals surface area contributed by atoms with E-state index in [1.54, 1.807) is 11.4 Å². The SMILES string of the molecule is C=C/C=C\C(=C)c1cccc(-c2ccc3c4ccc(-c5ccc(-c6ccc7c(c6)C(C)(CC)c6c-7ccp6-c6cccc(-c7ccccc7)c6)cc5)cc4n(C)c3c2)c1. The lowest BCUT2D eigenvalue weighted by atomic mass is 9.81. The van der Waals surface area contributed by atoms with Gasteiger partial charge in [-0.1, -0.05) is 180 Å². The lowest BCUT2D eigenvalue weighted by Gasteiger charge is -2.27. The fourth-order valence-corrected chi connectivity index (χ4v) is 12.1. The number of fused-ring (bicyclic) bond motifs is 6. The van der Waals surface area contributed by atoms with Gasteiger partial charge in [0, 0.05) is 34.3 Å². The van der Waals surface area contributed by atoms with E-state index in [-0.39, 0.29) is 5.41 Å². The number of hydrogen-bond acceptors (Lipinski definition) is 0. The first-order valence-electron chi connectivity index (χ1n) is 20.6. The van der Waals surface area contributed by atoms with Crippen LogP contribution in [0.5, 0.6) is 0 Å². The summed E-state index contributed by atoms with van der Waals surface area (Å²) < 4.78 is 2.34. The Morgan fingerprint density at radius 1 is 0.593 bits per heavy atom. The molecule has 0 saturated heterocycles. The van der Waals surface area contributed by atoms with Crippen molar-refractivity contribution in [2.75, 3.05) is 0 Å². The number of aromatic nitrogens is 1. The first-order valence-corrected chi connectivity index (χ1v) is 22.0. The van der Waals surface area contributed by atoms with E-state index in [1.807, 2.05) is 12.2 Å². The summed E-state index contributed by atoms with van der Waals surface area (Å²) in [5.41, 5.74) is 18.7. The molecule has 284 valence electrons. The molecule has 2 unspecified atom stereocenters. The van der Waals surface area contributed by atoms with Crippen LogP contribution in [-0.4, -0.2) is 4.57 Å². The highest BCUT2D eigenvalue weighted by Gasteiger charge is 2.41. The molecule has 1 aliphatic carbocycles. The molecule has 2 heterocycles. The van der Waals surface area contributed by atoms with Gasteiger partial charge in [0.25, 0.3) is 0 Å². The van der Waals surface area contributed by atoms with Crippen molar-refractivity contribution in [3.8, 4) is 60.9 Å². The molecule has 0 bridgehead atoms. The van der Waals surface area contributed by atoms with Gasteiger partial charge in [-0.15, -0.1) is 0 Å². The summed E-state index contributed by atoms with van der Waals surface area (Å²) in [5, 5.41) is 5.57. The first kappa shape index (κ1) is 36.7. The second kappa shape index (κ2) is 14.6. The van der Waals surface area contributed by atoms with Gasteiger partial charge >= 0.3 is 0 Å². The molecule has 0 radical (unpaired) electrons. The fourth-order valence-electron chi connectivity index (χ4n) is 9.39. The molecule has 7 aromatic carbocycles. The highest BCUT2D eigenvalue weighted by Crippen LogP contribution is 2.62. The van der Waals surface area contributed by atoms with Crippen LogP contribution in [0.2, 0.25) is 0 Å². The first-order chi connectivity index (χ1) is 28.8. The number of rotatable bonds is 9. The predicted molar refractivity (Wildman–Crippen MR) is 257 cm³/mol. The summed E-state index contributed by atoms with van der Waals surface area (Å²) in [6, 6.07) is 61.1. The average molecular weight is 776 g/mol. The van der Waals surface area contributed by atoms with Crippen LogP contribution in [0.25, 0.3) is 88.3 Å². The maximum absolute atomic E-state index is 4.25. The Hall–Kier alpha value is -6.66. The van der Waals surface area contributed by atoms with Crippen molar-refractivity contribution in [3.05, 3.63) is 217 Å². The van der Waals surface area contributed by atoms with E-state index >= 15 is 0 Å². The summed E-state index contributed by atoms with van der Waals surface area (Å²) in [6.45, 7) is 12.9. The minimum absolute atomic E-state index is 0.0184. The normalized spacial score (nSPS) is 14.9. The number of nitrogens with zero attached hydrogens (tertiary/aromatic N) is 1. The summed E-state index contributed by atoms with van der Waals surface area (Å²) in [6.07, 6.45) is 6.78. The Balaban J connectivity index is 0.942. The van der Waals surface area contributed by atoms with Gasteiger partial charge < -0.3 is 4.57 Å². The molecule has 1 nitrogen and oxygen atoms in total. The number of benzene rings is 7. The van der Waals surface area contributed by atoms with Gasteiger partial charge in [-0.05, 0) is 132 Å². The third-order valence-electron chi connectivity index (χ3n) is 12.8. The van der Waals surface area contributed by atoms with Crippen molar-refractivity contribution in [2.24, 2.45) is 7.05 Å². The molecular weight excluding hydrogens is 730 g/mol. The fraction of sp³-hybridized carbons (Fsp3) is 0.0877. The molecule has 0 N–H and O–H groups in total. The molecule has 1 aliphatic rings. The summed E-state index contributed by atoms with van der Waals surface area (Å²) in [5.74, 6) is 2.49. The molecule has 0 spiro atoms. The second-order valence-corrected chi connectivity index (χ2v) is 18.1. The van der Waals surface area contributed by atoms with Crippen LogP contribution in [0.15, 0.2) is 201 Å². The summed E-state index contributed by atoms with van der Waals surface area (Å²) >= 11 is 0. The van der Waals surface area contributed by atoms with E-state index in [4.69, 9.17) is 0 Å². The number of aryl methyl sites for hydroxylation is 1. The van der Waals surface area contributed by atoms with Crippen LogP contribution in [0.4, 0.5) is 0 Å². The van der Waals surface area contributed by atoms with Gasteiger partial charge in [-0.2, -0.15) is 0 Å². The molecule has 10 rings (SSSR count). The second-order valence-electron chi connectivity index (χ2n) is 16.1. The Bertz CT molecular complexity index is 3130. The van der Waals surface area contributed by atoms with Gasteiger partial charge in [-0.3, -0.25) is 0 Å². The Labute approximate surface area is 349 Å². The maximum Gasteiger partial charge on any atom is 0.0494 e. The average Bonchev–Trinajstić information content (AvgIpc) is 3.94. The molecule has 0 saturated carbocycles. The molecule has 2 aromatic heterocycles. The standard InChI is InChI=1S/C57H46NP/c1-6-8-14-38(3)42-17-12-18-43(33-42)47-27-30-51-50-29-26-46(36-54(50)58(5)55(51)37-47)41-23-21-40(22-24-41)45-25-28-49-52-31-32-59(56(52)57(4,7-2)53(49)35-45)48-20-13-19-44(34-48)39-15-10-9-11-16-39/h6,8-37H,1,3,7H2,2,4-5H3/b14-8-. The van der Waals surface area contributed by atoms with Crippen molar-refractivity contribution in [1.82, 2.24) is 4.57 Å². The van der Waals surface area contributed by atoms with Crippen LogP contribution >= 0.6 is 7.53 Å². The van der Waals surface area contributed by atoms with Gasteiger partial charge in [0.15, 0.2) is 0 Å². The molecule has 2 heteroatoms. The van der Waals surface area contributed by atoms with Crippen LogP contribution in [0.1, 0.15) is 36.7 Å². The van der Waals surface area contributed by atoms with E-state index in [2.05, 4.69) is 208 Å². The third-order valence-corrected chi connectivity index (χ3v) is 15.3. The third kappa shape index (κ3) is 6.17. The Morgan fingerprint density at radius 3 is 1.83 bits per heavy atom. The lowest BCUT2D eigenvalue weighted by molar-refractivity contribution is 0.575. The molecule has 59 heavy (non-hydrogen) atoms. The van der Waals surface area contributed by atoms with Crippen LogP contribution in [-0.2, 0) is 12.5 Å². The predicted octanol–water partition coefficient (Wildman–Crippen LogP) is 16.4. The van der Waals surface area contributed by atoms with Crippen molar-refractivity contribution in [2.45, 2.75) is 25.7 Å². The molecule has 0 amide bonds. The monoisotopic (exact) mass is 775 g/mol. The van der Waals surface area contributed by atoms with E-state index in [0.717, 1.165) is 17.6 Å². The van der Waals surface area contributed by atoms with Crippen molar-refractivity contribution in [3.63, 3.8) is 0 Å². The number of hydrogen-bond donors (Lipinski definition) is 0. The van der Waals surface area contributed by atoms with Gasteiger partial charge in [0.2, 0.25) is 0 Å². The van der Waals surface area contributed by atoms with E-state index < -0.39 is 7.53 Å². The highest BCUT2D eigenvalue weighted by atomic mass is 31.1. The zero-order valence-electron chi connectivity index (χ0n) is 33.9. The van der Waals surface area contributed by atoms with E-state index in [1.165, 1.54) is 88.3 Å². The van der Waals surface area contributed by atoms with Crippen molar-refractivity contribution < 1.29 is 0 Å². The van der Waals surface area contributed by atoms with Crippen molar-refractivity contribution >= 4 is 34.9 Å². The molecule has 2 atom stereocenters. The largest absolute Gasteiger partial charge is 0.344 e. The Kier molecular flexibility index (Phi) is 9.08. The molecule has 0 aliphatic heterocycles. The van der Waals surface area contributed by atoms with E-state index in [9.17, 15) is 0 Å². The van der Waals surface area contributed by atoms with Gasteiger partial charge in [0.05, 0.1) is 0 Å². The molecule has 0 fully saturated rings. The smallest absolute Gasteiger partial charge is 0.0494 e. The van der Waals surface area contributed by atoms with Crippen molar-refractivity contribution in [1.29, 1.82) is 0 Å². The summed E-state index contributed by atoms with van der Waals surface area (Å²) in [4.78, 5) is 0. The topological polar surface area (TPSA) is 4.93 Å². The van der Waals surface area contributed by atoms with Crippen LogP contribution in [0.3, 0.4) is 0 Å².